The van der Waals surface area contributed by atoms with Crippen molar-refractivity contribution in [2.75, 3.05) is 13.1 Å². The van der Waals surface area contributed by atoms with Crippen LogP contribution in [0.3, 0.4) is 0 Å². The van der Waals surface area contributed by atoms with Crippen molar-refractivity contribution < 1.29 is 0 Å². The van der Waals surface area contributed by atoms with Crippen molar-refractivity contribution in [1.29, 1.82) is 0 Å². The van der Waals surface area contributed by atoms with Gasteiger partial charge in [0.05, 0.1) is 0 Å². The molecule has 1 atom stereocenters. The Morgan fingerprint density at radius 3 is 2.50 bits per heavy atom. The van der Waals surface area contributed by atoms with E-state index in [-0.39, 0.29) is 6.04 Å². The molecular weight excluding hydrogens is 344 g/mol. The van der Waals surface area contributed by atoms with Gasteiger partial charge in [0.25, 0.3) is 0 Å². The van der Waals surface area contributed by atoms with Gasteiger partial charge in [-0.15, -0.1) is 6.58 Å². The summed E-state index contributed by atoms with van der Waals surface area (Å²) in [6.45, 7) is 18.2. The van der Waals surface area contributed by atoms with E-state index in [0.29, 0.717) is 11.8 Å². The summed E-state index contributed by atoms with van der Waals surface area (Å²) < 4.78 is 0. The minimum absolute atomic E-state index is 0.202. The third-order valence-electron chi connectivity index (χ3n) is 4.21. The number of hydrogen-bond donors (Lipinski definition) is 3. The first-order valence-corrected chi connectivity index (χ1v) is 10.4. The van der Waals surface area contributed by atoms with E-state index >= 15 is 0 Å². The fourth-order valence-corrected chi connectivity index (χ4v) is 2.61. The second-order valence-electron chi connectivity index (χ2n) is 7.48. The summed E-state index contributed by atoms with van der Waals surface area (Å²) >= 11 is 0. The molecule has 28 heavy (non-hydrogen) atoms. The third-order valence-corrected chi connectivity index (χ3v) is 4.21. The van der Waals surface area contributed by atoms with Crippen LogP contribution in [0, 0.1) is 5.92 Å². The molecule has 0 spiro atoms. The maximum Gasteiger partial charge on any atom is 0.119 e. The normalized spacial score (nSPS) is 14.0. The number of nitrogens with one attached hydrogen (secondary N) is 2. The fraction of sp³-hybridized carbons (Fsp3) is 0.542. The van der Waals surface area contributed by atoms with Gasteiger partial charge in [-0.05, 0) is 77.5 Å². The van der Waals surface area contributed by atoms with Crippen LogP contribution < -0.4 is 16.4 Å². The second kappa shape index (κ2) is 15.8. The zero-order valence-corrected chi connectivity index (χ0v) is 18.9. The van der Waals surface area contributed by atoms with Gasteiger partial charge in [-0.2, -0.15) is 0 Å². The number of rotatable bonds is 14. The van der Waals surface area contributed by atoms with E-state index in [1.54, 1.807) is 0 Å². The average Bonchev–Trinajstić information content (AvgIpc) is 2.63. The van der Waals surface area contributed by atoms with Crippen LogP contribution in [0.1, 0.15) is 60.8 Å². The Kier molecular flexibility index (Phi) is 14.5. The van der Waals surface area contributed by atoms with Crippen molar-refractivity contribution in [3.63, 3.8) is 0 Å². The maximum absolute atomic E-state index is 5.87. The monoisotopic (exact) mass is 386 g/mol. The number of amidine groups is 1. The molecule has 4 N–H and O–H groups in total. The Morgan fingerprint density at radius 2 is 1.96 bits per heavy atom. The number of hydrogen-bond acceptors (Lipinski definition) is 3. The predicted molar refractivity (Wildman–Crippen MR) is 126 cm³/mol. The molecule has 0 aliphatic carbocycles. The van der Waals surface area contributed by atoms with Crippen molar-refractivity contribution in [3.8, 4) is 0 Å². The molecule has 0 aromatic carbocycles. The van der Waals surface area contributed by atoms with Crippen LogP contribution in [-0.2, 0) is 0 Å². The van der Waals surface area contributed by atoms with Crippen LogP contribution >= 0.6 is 0 Å². The number of aliphatic imine (C=N–C) groups is 1. The Labute approximate surface area is 173 Å². The summed E-state index contributed by atoms with van der Waals surface area (Å²) in [5.74, 6) is 1.09. The van der Waals surface area contributed by atoms with Gasteiger partial charge in [0.2, 0.25) is 0 Å². The van der Waals surface area contributed by atoms with Gasteiger partial charge in [0, 0.05) is 31.0 Å². The van der Waals surface area contributed by atoms with Crippen LogP contribution in [0.2, 0.25) is 0 Å². The van der Waals surface area contributed by atoms with Gasteiger partial charge in [-0.1, -0.05) is 30.7 Å². The lowest BCUT2D eigenvalue weighted by Crippen LogP contribution is -2.22. The molecule has 0 saturated carbocycles. The lowest BCUT2D eigenvalue weighted by molar-refractivity contribution is 0.584. The molecule has 4 nitrogen and oxygen atoms in total. The van der Waals surface area contributed by atoms with E-state index < -0.39 is 0 Å². The van der Waals surface area contributed by atoms with Gasteiger partial charge >= 0.3 is 0 Å². The minimum Gasteiger partial charge on any atom is -0.387 e. The van der Waals surface area contributed by atoms with Crippen molar-refractivity contribution in [3.05, 3.63) is 60.0 Å². The van der Waals surface area contributed by atoms with Crippen molar-refractivity contribution >= 4 is 5.84 Å². The number of nitrogens with two attached hydrogens (primary N) is 1. The summed E-state index contributed by atoms with van der Waals surface area (Å²) in [6, 6.07) is 0.202. The number of allylic oxidation sites excluding steroid dienone is 4. The fourth-order valence-electron chi connectivity index (χ4n) is 2.61. The first-order chi connectivity index (χ1) is 13.3. The topological polar surface area (TPSA) is 62.4 Å². The Balaban J connectivity index is 5.10. The molecule has 0 radical (unpaired) electrons. The lowest BCUT2D eigenvalue weighted by atomic mass is 10.0. The molecule has 0 bridgehead atoms. The van der Waals surface area contributed by atoms with E-state index in [1.165, 1.54) is 16.8 Å². The summed E-state index contributed by atoms with van der Waals surface area (Å²) in [4.78, 5) is 4.30. The smallest absolute Gasteiger partial charge is 0.119 e. The molecule has 0 aromatic heterocycles. The summed E-state index contributed by atoms with van der Waals surface area (Å²) in [5.41, 5.74) is 9.69. The Bertz CT molecular complexity index is 588. The van der Waals surface area contributed by atoms with Crippen molar-refractivity contribution in [2.45, 2.75) is 66.8 Å². The highest BCUT2D eigenvalue weighted by Gasteiger charge is 2.05. The Hall–Kier alpha value is -2.23. The highest BCUT2D eigenvalue weighted by molar-refractivity contribution is 5.91. The van der Waals surface area contributed by atoms with Crippen LogP contribution in [0.5, 0.6) is 0 Å². The first kappa shape index (κ1) is 25.8. The molecule has 0 heterocycles. The van der Waals surface area contributed by atoms with E-state index in [9.17, 15) is 0 Å². The first-order valence-electron chi connectivity index (χ1n) is 10.4. The van der Waals surface area contributed by atoms with Crippen LogP contribution in [0.15, 0.2) is 65.0 Å². The van der Waals surface area contributed by atoms with Gasteiger partial charge in [-0.3, -0.25) is 4.99 Å². The zero-order valence-electron chi connectivity index (χ0n) is 18.9. The molecule has 0 saturated heterocycles. The zero-order chi connectivity index (χ0) is 21.4. The standard InChI is InChI=1S/C24H42N4/c1-8-11-13-22(17-26-15-14-24(25)28-20(6)7)16-23(19(4)5)27-18-21(10-3)12-9-2/h8-9,12,14-16,20-21,26-27H,1,10-11,13,17-18H2,2-7H3,(H2,25,28)/b12-9?,15-14-,22-16+. The highest BCUT2D eigenvalue weighted by atomic mass is 14.9. The molecule has 158 valence electrons. The number of nitrogens with zero attached hydrogens (tertiary/aromatic N) is 1. The second-order valence-corrected chi connectivity index (χ2v) is 7.48. The average molecular weight is 387 g/mol. The largest absolute Gasteiger partial charge is 0.387 e. The summed E-state index contributed by atoms with van der Waals surface area (Å²) in [5, 5.41) is 6.97. The lowest BCUT2D eigenvalue weighted by Gasteiger charge is -2.16. The quantitative estimate of drug-likeness (QED) is 0.166. The van der Waals surface area contributed by atoms with Crippen LogP contribution in [-0.4, -0.2) is 25.0 Å². The molecule has 0 aliphatic heterocycles. The van der Waals surface area contributed by atoms with E-state index in [1.807, 2.05) is 32.2 Å². The predicted octanol–water partition coefficient (Wildman–Crippen LogP) is 5.23. The van der Waals surface area contributed by atoms with Crippen LogP contribution in [0.4, 0.5) is 0 Å². The van der Waals surface area contributed by atoms with Crippen molar-refractivity contribution in [1.82, 2.24) is 10.6 Å². The van der Waals surface area contributed by atoms with Gasteiger partial charge < -0.3 is 16.4 Å². The molecule has 0 rings (SSSR count). The van der Waals surface area contributed by atoms with Gasteiger partial charge in [0.15, 0.2) is 0 Å². The van der Waals surface area contributed by atoms with Crippen molar-refractivity contribution in [2.24, 2.45) is 16.6 Å². The maximum atomic E-state index is 5.87. The van der Waals surface area contributed by atoms with Gasteiger partial charge in [-0.25, -0.2) is 0 Å². The van der Waals surface area contributed by atoms with E-state index in [2.05, 4.69) is 68.1 Å². The molecule has 0 amide bonds. The molecule has 4 heteroatoms. The SMILES string of the molecule is C=CCC/C(=C\C(NCC(C=CC)CC)=C(C)C)CN/C=C\C(N)=NC(C)C. The van der Waals surface area contributed by atoms with Gasteiger partial charge in [0.1, 0.15) is 5.84 Å². The molecule has 0 aromatic rings. The van der Waals surface area contributed by atoms with Crippen LogP contribution in [0.25, 0.3) is 0 Å². The summed E-state index contributed by atoms with van der Waals surface area (Å²) in [7, 11) is 0. The third kappa shape index (κ3) is 13.0. The van der Waals surface area contributed by atoms with E-state index in [4.69, 9.17) is 5.73 Å². The summed E-state index contributed by atoms with van der Waals surface area (Å²) in [6.07, 6.45) is 15.4. The molecule has 0 aliphatic rings. The molecular formula is C24H42N4. The Morgan fingerprint density at radius 1 is 1.25 bits per heavy atom. The molecule has 0 fully saturated rings. The van der Waals surface area contributed by atoms with E-state index in [0.717, 1.165) is 32.4 Å². The molecule has 1 unspecified atom stereocenters. The highest BCUT2D eigenvalue weighted by Crippen LogP contribution is 2.12. The minimum atomic E-state index is 0.202.